The summed E-state index contributed by atoms with van der Waals surface area (Å²) >= 11 is 12.3. The zero-order valence-corrected chi connectivity index (χ0v) is 25.6. The minimum Gasteiger partial charge on any atom is -0.495 e. The summed E-state index contributed by atoms with van der Waals surface area (Å²) in [6.07, 6.45) is 1.87. The molecule has 4 atom stereocenters. The molecular weight excluding hydrogens is 600 g/mol. The normalized spacial score (nSPS) is 22.7. The largest absolute Gasteiger partial charge is 0.495 e. The molecule has 5 rings (SSSR count). The zero-order chi connectivity index (χ0) is 31.3. The van der Waals surface area contributed by atoms with Crippen molar-refractivity contribution in [2.24, 2.45) is 5.41 Å². The highest BCUT2D eigenvalue weighted by atomic mass is 35.5. The molecule has 226 valence electrons. The third kappa shape index (κ3) is 5.30. The second-order valence-corrected chi connectivity index (χ2v) is 12.4. The van der Waals surface area contributed by atoms with E-state index in [9.17, 15) is 14.4 Å². The first-order chi connectivity index (χ1) is 20.3. The summed E-state index contributed by atoms with van der Waals surface area (Å²) in [4.78, 5) is 48.8. The van der Waals surface area contributed by atoms with Crippen LogP contribution in [0.4, 0.5) is 15.9 Å². The van der Waals surface area contributed by atoms with Crippen LogP contribution in [-0.2, 0) is 19.7 Å². The van der Waals surface area contributed by atoms with Gasteiger partial charge in [-0.2, -0.15) is 0 Å². The van der Waals surface area contributed by atoms with Crippen LogP contribution >= 0.6 is 23.2 Å². The molecule has 13 heteroatoms. The lowest BCUT2D eigenvalue weighted by Gasteiger charge is -2.37. The Bertz CT molecular complexity index is 1630. The molecule has 10 nitrogen and oxygen atoms in total. The quantitative estimate of drug-likeness (QED) is 0.253. The van der Waals surface area contributed by atoms with Gasteiger partial charge in [0.2, 0.25) is 17.1 Å². The standard InChI is InChI=1S/C30H30Cl2FN5O5/c1-29(2,3)12-20-30(16-13-34-28(32)38-24(16)37-27(30)41)21(15-7-6-8-17(31)22(15)33)23(36-20)25(39)35-18-10-9-14(26(40)43-5)11-19(18)42-4/h6-11,13,20-21,23,36H,12H2,1-5H3,(H,35,39)(H,34,37,38,41). The molecule has 3 heterocycles. The van der Waals surface area contributed by atoms with Gasteiger partial charge < -0.3 is 25.4 Å². The van der Waals surface area contributed by atoms with Crippen molar-refractivity contribution in [3.63, 3.8) is 0 Å². The van der Waals surface area contributed by atoms with E-state index < -0.39 is 47.0 Å². The maximum Gasteiger partial charge on any atom is 0.337 e. The Balaban J connectivity index is 1.68. The summed E-state index contributed by atoms with van der Waals surface area (Å²) in [5.41, 5.74) is -0.897. The van der Waals surface area contributed by atoms with Crippen LogP contribution in [0.5, 0.6) is 5.75 Å². The highest BCUT2D eigenvalue weighted by Gasteiger charge is 2.67. The van der Waals surface area contributed by atoms with Gasteiger partial charge in [-0.3, -0.25) is 9.59 Å². The second kappa shape index (κ2) is 11.4. The average molecular weight is 631 g/mol. The van der Waals surface area contributed by atoms with Crippen LogP contribution in [0.1, 0.15) is 54.6 Å². The molecule has 3 aromatic rings. The lowest BCUT2D eigenvalue weighted by atomic mass is 9.63. The first kappa shape index (κ1) is 30.7. The summed E-state index contributed by atoms with van der Waals surface area (Å²) in [5.74, 6) is -3.07. The van der Waals surface area contributed by atoms with Crippen LogP contribution in [0.25, 0.3) is 0 Å². The number of nitrogens with zero attached hydrogens (tertiary/aromatic N) is 2. The molecule has 0 aliphatic carbocycles. The van der Waals surface area contributed by atoms with E-state index in [1.807, 2.05) is 20.8 Å². The van der Waals surface area contributed by atoms with Gasteiger partial charge in [0.1, 0.15) is 22.8 Å². The number of aromatic nitrogens is 2. The molecule has 4 unspecified atom stereocenters. The Morgan fingerprint density at radius 2 is 1.91 bits per heavy atom. The van der Waals surface area contributed by atoms with Gasteiger partial charge in [0.05, 0.1) is 36.5 Å². The zero-order valence-electron chi connectivity index (χ0n) is 24.1. The second-order valence-electron chi connectivity index (χ2n) is 11.7. The monoisotopic (exact) mass is 629 g/mol. The molecule has 3 N–H and O–H groups in total. The Morgan fingerprint density at radius 3 is 2.58 bits per heavy atom. The SMILES string of the molecule is COC(=O)c1ccc(NC(=O)C2NC(CC(C)(C)C)C3(C(=O)Nc4nc(Cl)ncc43)C2c2cccc(Cl)c2F)c(OC)c1. The van der Waals surface area contributed by atoms with Crippen LogP contribution < -0.4 is 20.7 Å². The molecule has 0 bridgehead atoms. The van der Waals surface area contributed by atoms with Crippen molar-refractivity contribution in [3.05, 3.63) is 75.4 Å². The van der Waals surface area contributed by atoms with E-state index in [-0.39, 0.29) is 44.1 Å². The minimum atomic E-state index is -1.51. The van der Waals surface area contributed by atoms with Gasteiger partial charge >= 0.3 is 5.97 Å². The van der Waals surface area contributed by atoms with Crippen molar-refractivity contribution in [1.82, 2.24) is 15.3 Å². The molecule has 1 spiro atoms. The van der Waals surface area contributed by atoms with Crippen LogP contribution in [0.15, 0.2) is 42.6 Å². The van der Waals surface area contributed by atoms with E-state index >= 15 is 4.39 Å². The fourth-order valence-electron chi connectivity index (χ4n) is 6.17. The number of methoxy groups -OCH3 is 2. The van der Waals surface area contributed by atoms with Crippen molar-refractivity contribution in [3.8, 4) is 5.75 Å². The lowest BCUT2D eigenvalue weighted by Crippen LogP contribution is -2.49. The highest BCUT2D eigenvalue weighted by Crippen LogP contribution is 2.56. The first-order valence-electron chi connectivity index (χ1n) is 13.4. The van der Waals surface area contributed by atoms with E-state index in [0.29, 0.717) is 12.0 Å². The number of carbonyl (C=O) groups is 3. The lowest BCUT2D eigenvalue weighted by molar-refractivity contribution is -0.122. The van der Waals surface area contributed by atoms with Crippen LogP contribution in [-0.4, -0.2) is 54.1 Å². The number of anilines is 2. The first-order valence-corrected chi connectivity index (χ1v) is 14.2. The number of ether oxygens (including phenoxy) is 2. The number of hydrogen-bond acceptors (Lipinski definition) is 8. The minimum absolute atomic E-state index is 0.0718. The van der Waals surface area contributed by atoms with Gasteiger partial charge in [0, 0.05) is 23.7 Å². The Hall–Kier alpha value is -3.80. The molecule has 0 saturated carbocycles. The molecule has 2 amide bonds. The van der Waals surface area contributed by atoms with Crippen LogP contribution in [0, 0.1) is 11.2 Å². The van der Waals surface area contributed by atoms with Crippen molar-refractivity contribution < 1.29 is 28.2 Å². The summed E-state index contributed by atoms with van der Waals surface area (Å²) < 4.78 is 26.1. The summed E-state index contributed by atoms with van der Waals surface area (Å²) in [6, 6.07) is 7.09. The number of fused-ring (bicyclic) bond motifs is 2. The maximum absolute atomic E-state index is 15.9. The molecular formula is C30H30Cl2FN5O5. The van der Waals surface area contributed by atoms with Crippen LogP contribution in [0.2, 0.25) is 10.3 Å². The van der Waals surface area contributed by atoms with Gasteiger partial charge in [-0.25, -0.2) is 19.2 Å². The number of amides is 2. The molecule has 43 heavy (non-hydrogen) atoms. The molecule has 1 fully saturated rings. The molecule has 1 aromatic heterocycles. The number of rotatable bonds is 6. The van der Waals surface area contributed by atoms with E-state index in [1.54, 1.807) is 6.07 Å². The Morgan fingerprint density at radius 1 is 1.16 bits per heavy atom. The van der Waals surface area contributed by atoms with Gasteiger partial charge in [-0.15, -0.1) is 0 Å². The molecule has 2 aliphatic rings. The molecule has 2 aliphatic heterocycles. The summed E-state index contributed by atoms with van der Waals surface area (Å²) in [6.45, 7) is 6.01. The summed E-state index contributed by atoms with van der Waals surface area (Å²) in [5, 5.41) is 8.79. The number of esters is 1. The van der Waals surface area contributed by atoms with Gasteiger partial charge in [0.15, 0.2) is 0 Å². The highest BCUT2D eigenvalue weighted by molar-refractivity contribution is 6.30. The van der Waals surface area contributed by atoms with Crippen molar-refractivity contribution >= 4 is 52.5 Å². The van der Waals surface area contributed by atoms with Crippen molar-refractivity contribution in [2.45, 2.75) is 50.6 Å². The van der Waals surface area contributed by atoms with Gasteiger partial charge in [-0.05, 0) is 53.3 Å². The summed E-state index contributed by atoms with van der Waals surface area (Å²) in [7, 11) is 2.65. The topological polar surface area (TPSA) is 132 Å². The fourth-order valence-corrected chi connectivity index (χ4v) is 6.48. The third-order valence-electron chi connectivity index (χ3n) is 7.86. The maximum atomic E-state index is 15.9. The number of halogens is 3. The predicted molar refractivity (Wildman–Crippen MR) is 159 cm³/mol. The smallest absolute Gasteiger partial charge is 0.337 e. The Labute approximate surface area is 257 Å². The van der Waals surface area contributed by atoms with E-state index in [0.717, 1.165) is 0 Å². The number of carbonyl (C=O) groups excluding carboxylic acids is 3. The number of benzene rings is 2. The van der Waals surface area contributed by atoms with Gasteiger partial charge in [0.25, 0.3) is 0 Å². The fraction of sp³-hybridized carbons (Fsp3) is 0.367. The number of hydrogen-bond donors (Lipinski definition) is 3. The van der Waals surface area contributed by atoms with Gasteiger partial charge in [-0.1, -0.05) is 44.5 Å². The molecule has 1 saturated heterocycles. The van der Waals surface area contributed by atoms with Crippen LogP contribution in [0.3, 0.4) is 0 Å². The van der Waals surface area contributed by atoms with E-state index in [4.69, 9.17) is 32.7 Å². The predicted octanol–water partition coefficient (Wildman–Crippen LogP) is 5.11. The van der Waals surface area contributed by atoms with E-state index in [2.05, 4.69) is 25.9 Å². The van der Waals surface area contributed by atoms with Crippen molar-refractivity contribution in [1.29, 1.82) is 0 Å². The number of nitrogens with one attached hydrogen (secondary N) is 3. The third-order valence-corrected chi connectivity index (χ3v) is 8.34. The Kier molecular flexibility index (Phi) is 8.10. The average Bonchev–Trinajstić information content (AvgIpc) is 3.43. The van der Waals surface area contributed by atoms with Crippen molar-refractivity contribution in [2.75, 3.05) is 24.9 Å². The molecule has 2 aromatic carbocycles. The van der Waals surface area contributed by atoms with E-state index in [1.165, 1.54) is 50.7 Å². The molecule has 0 radical (unpaired) electrons.